The van der Waals surface area contributed by atoms with Crippen molar-refractivity contribution in [2.24, 2.45) is 23.0 Å². The highest BCUT2D eigenvalue weighted by Gasteiger charge is 2.42. The first-order valence-electron chi connectivity index (χ1n) is 12.1. The maximum Gasteiger partial charge on any atom is 0.248 e. The summed E-state index contributed by atoms with van der Waals surface area (Å²) >= 11 is 0. The van der Waals surface area contributed by atoms with Gasteiger partial charge >= 0.3 is 0 Å². The molecule has 1 saturated carbocycles. The van der Waals surface area contributed by atoms with Crippen molar-refractivity contribution in [2.45, 2.75) is 92.5 Å². The third-order valence-corrected chi connectivity index (χ3v) is 6.99. The summed E-state index contributed by atoms with van der Waals surface area (Å²) in [5.41, 5.74) is 8.48. The standard InChI is InChI=1S/C25H36N2O2.C2H6/c1-6-17-10-16(3)13-25(7-2,14-17)22(28)12-21-20-9-8-18(23(26)29)11-19(20)15-24(4,5)27-21;1-2/h8-9,11-12,16-17,27H,6-7,10,13-15H2,1-5H3,(H2,26,29);1-2H3/b21-12-;. The maximum atomic E-state index is 13.6. The molecule has 172 valence electrons. The van der Waals surface area contributed by atoms with Crippen LogP contribution in [0, 0.1) is 17.3 Å². The van der Waals surface area contributed by atoms with Gasteiger partial charge in [0.05, 0.1) is 0 Å². The van der Waals surface area contributed by atoms with Crippen molar-refractivity contribution in [1.29, 1.82) is 0 Å². The van der Waals surface area contributed by atoms with Gasteiger partial charge < -0.3 is 11.1 Å². The Morgan fingerprint density at radius 1 is 1.19 bits per heavy atom. The summed E-state index contributed by atoms with van der Waals surface area (Å²) in [6.07, 6.45) is 7.84. The summed E-state index contributed by atoms with van der Waals surface area (Å²) in [6, 6.07) is 5.56. The van der Waals surface area contributed by atoms with E-state index in [1.807, 2.05) is 32.1 Å². The van der Waals surface area contributed by atoms with Crippen LogP contribution in [0.4, 0.5) is 0 Å². The first-order valence-corrected chi connectivity index (χ1v) is 12.1. The zero-order valence-electron chi connectivity index (χ0n) is 20.6. The molecule has 3 atom stereocenters. The summed E-state index contributed by atoms with van der Waals surface area (Å²) in [5, 5.41) is 3.57. The number of hydrogen-bond acceptors (Lipinski definition) is 3. The number of fused-ring (bicyclic) bond motifs is 1. The Morgan fingerprint density at radius 2 is 1.87 bits per heavy atom. The summed E-state index contributed by atoms with van der Waals surface area (Å²) in [6.45, 7) is 14.9. The van der Waals surface area contributed by atoms with E-state index in [4.69, 9.17) is 5.73 Å². The van der Waals surface area contributed by atoms with Crippen molar-refractivity contribution < 1.29 is 9.59 Å². The van der Waals surface area contributed by atoms with Gasteiger partial charge in [-0.15, -0.1) is 0 Å². The third kappa shape index (κ3) is 5.58. The van der Waals surface area contributed by atoms with E-state index in [-0.39, 0.29) is 16.7 Å². The summed E-state index contributed by atoms with van der Waals surface area (Å²) in [5.74, 6) is 1.03. The number of rotatable bonds is 5. The van der Waals surface area contributed by atoms with E-state index >= 15 is 0 Å². The highest BCUT2D eigenvalue weighted by Crippen LogP contribution is 2.47. The number of hydrogen-bond donors (Lipinski definition) is 2. The topological polar surface area (TPSA) is 72.2 Å². The number of benzene rings is 1. The molecule has 0 bridgehead atoms. The average molecular weight is 427 g/mol. The van der Waals surface area contributed by atoms with Crippen molar-refractivity contribution in [2.75, 3.05) is 0 Å². The van der Waals surface area contributed by atoms with Crippen molar-refractivity contribution in [3.8, 4) is 0 Å². The molecule has 31 heavy (non-hydrogen) atoms. The molecule has 0 spiro atoms. The maximum absolute atomic E-state index is 13.6. The lowest BCUT2D eigenvalue weighted by atomic mass is 9.62. The third-order valence-electron chi connectivity index (χ3n) is 6.99. The second-order valence-electron chi connectivity index (χ2n) is 10.0. The Balaban J connectivity index is 0.00000166. The Bertz CT molecular complexity index is 840. The number of ketones is 1. The fourth-order valence-corrected chi connectivity index (χ4v) is 5.52. The Kier molecular flexibility index (Phi) is 8.13. The Hall–Kier alpha value is -2.10. The highest BCUT2D eigenvalue weighted by molar-refractivity contribution is 6.01. The first kappa shape index (κ1) is 25.2. The number of nitrogens with one attached hydrogen (secondary N) is 1. The molecule has 1 aliphatic heterocycles. The highest BCUT2D eigenvalue weighted by atomic mass is 16.1. The molecule has 1 amide bonds. The van der Waals surface area contributed by atoms with Gasteiger partial charge in [-0.3, -0.25) is 9.59 Å². The molecule has 1 aromatic rings. The van der Waals surface area contributed by atoms with Gasteiger partial charge in [0, 0.05) is 33.9 Å². The molecule has 0 radical (unpaired) electrons. The second kappa shape index (κ2) is 10.0. The second-order valence-corrected chi connectivity index (χ2v) is 10.0. The van der Waals surface area contributed by atoms with E-state index in [2.05, 4.69) is 39.9 Å². The number of nitrogens with two attached hydrogens (primary N) is 1. The van der Waals surface area contributed by atoms with E-state index in [1.165, 1.54) is 6.42 Å². The molecule has 1 heterocycles. The van der Waals surface area contributed by atoms with Crippen LogP contribution in [0.15, 0.2) is 24.3 Å². The molecule has 2 aliphatic rings. The van der Waals surface area contributed by atoms with Crippen molar-refractivity contribution in [3.63, 3.8) is 0 Å². The molecule has 0 aromatic heterocycles. The molecule has 1 aliphatic carbocycles. The molecular formula is C27H42N2O2. The van der Waals surface area contributed by atoms with Gasteiger partial charge in [0.15, 0.2) is 5.78 Å². The molecule has 3 unspecified atom stereocenters. The van der Waals surface area contributed by atoms with Crippen LogP contribution >= 0.6 is 0 Å². The lowest BCUT2D eigenvalue weighted by Crippen LogP contribution is -2.45. The van der Waals surface area contributed by atoms with Crippen molar-refractivity contribution >= 4 is 17.4 Å². The van der Waals surface area contributed by atoms with E-state index in [9.17, 15) is 9.59 Å². The monoisotopic (exact) mass is 426 g/mol. The predicted octanol–water partition coefficient (Wildman–Crippen LogP) is 5.89. The summed E-state index contributed by atoms with van der Waals surface area (Å²) in [7, 11) is 0. The van der Waals surface area contributed by atoms with Crippen LogP contribution in [0.2, 0.25) is 0 Å². The lowest BCUT2D eigenvalue weighted by Gasteiger charge is -2.42. The number of carbonyl (C=O) groups excluding carboxylic acids is 2. The fourth-order valence-electron chi connectivity index (χ4n) is 5.52. The molecule has 0 saturated heterocycles. The Labute approximate surface area is 189 Å². The number of amides is 1. The van der Waals surface area contributed by atoms with Crippen LogP contribution in [0.1, 0.15) is 102 Å². The van der Waals surface area contributed by atoms with E-state index < -0.39 is 5.91 Å². The zero-order chi connectivity index (χ0) is 23.4. The van der Waals surface area contributed by atoms with Gasteiger partial charge in [0.25, 0.3) is 0 Å². The molecule has 1 aromatic carbocycles. The molecule has 4 heteroatoms. The predicted molar refractivity (Wildman–Crippen MR) is 130 cm³/mol. The van der Waals surface area contributed by atoms with E-state index in [0.717, 1.165) is 48.9 Å². The summed E-state index contributed by atoms with van der Waals surface area (Å²) in [4.78, 5) is 25.3. The molecule has 1 fully saturated rings. The number of allylic oxidation sites excluding steroid dienone is 1. The minimum absolute atomic E-state index is 0.194. The quantitative estimate of drug-likeness (QED) is 0.577. The molecule has 4 nitrogen and oxygen atoms in total. The minimum atomic E-state index is -0.419. The molecule has 3 rings (SSSR count). The summed E-state index contributed by atoms with van der Waals surface area (Å²) < 4.78 is 0. The largest absolute Gasteiger partial charge is 0.379 e. The van der Waals surface area contributed by atoms with Gasteiger partial charge in [0.2, 0.25) is 5.91 Å². The van der Waals surface area contributed by atoms with Gasteiger partial charge in [-0.05, 0) is 75.5 Å². The Morgan fingerprint density at radius 3 is 2.45 bits per heavy atom. The fraction of sp³-hybridized carbons (Fsp3) is 0.630. The van der Waals surface area contributed by atoms with Gasteiger partial charge in [-0.2, -0.15) is 0 Å². The van der Waals surface area contributed by atoms with Crippen LogP contribution in [-0.4, -0.2) is 17.2 Å². The van der Waals surface area contributed by atoms with Crippen LogP contribution in [0.25, 0.3) is 5.70 Å². The van der Waals surface area contributed by atoms with Gasteiger partial charge in [-0.1, -0.05) is 47.1 Å². The smallest absolute Gasteiger partial charge is 0.248 e. The zero-order valence-corrected chi connectivity index (χ0v) is 20.6. The average Bonchev–Trinajstić information content (AvgIpc) is 2.73. The first-order chi connectivity index (χ1) is 14.6. The number of carbonyl (C=O) groups is 2. The van der Waals surface area contributed by atoms with Gasteiger partial charge in [-0.25, -0.2) is 0 Å². The van der Waals surface area contributed by atoms with Crippen LogP contribution < -0.4 is 11.1 Å². The lowest BCUT2D eigenvalue weighted by molar-refractivity contribution is -0.128. The number of primary amides is 1. The SMILES string of the molecule is CC.CCC1CC(C)CC(CC)(C(=O)/C=C2\NC(C)(C)Cc3cc(C(N)=O)ccc32)C1. The van der Waals surface area contributed by atoms with E-state index in [1.54, 1.807) is 6.07 Å². The van der Waals surface area contributed by atoms with Crippen LogP contribution in [0.3, 0.4) is 0 Å². The van der Waals surface area contributed by atoms with Gasteiger partial charge in [0.1, 0.15) is 0 Å². The van der Waals surface area contributed by atoms with Crippen molar-refractivity contribution in [1.82, 2.24) is 5.32 Å². The van der Waals surface area contributed by atoms with Crippen molar-refractivity contribution in [3.05, 3.63) is 41.0 Å². The normalized spacial score (nSPS) is 28.0. The van der Waals surface area contributed by atoms with Crippen LogP contribution in [-0.2, 0) is 11.2 Å². The molecular weight excluding hydrogens is 384 g/mol. The minimum Gasteiger partial charge on any atom is -0.379 e. The van der Waals surface area contributed by atoms with E-state index in [0.29, 0.717) is 17.4 Å². The molecule has 3 N–H and O–H groups in total. The van der Waals surface area contributed by atoms with Crippen LogP contribution in [0.5, 0.6) is 0 Å².